The van der Waals surface area contributed by atoms with Crippen LogP contribution in [0, 0.1) is 5.92 Å². The number of nitrogens with one attached hydrogen (secondary N) is 3. The molecule has 3 aromatic heterocycles. The number of thiazole rings is 1. The average molecular weight is 906 g/mol. The lowest BCUT2D eigenvalue weighted by Gasteiger charge is -2.29. The van der Waals surface area contributed by atoms with E-state index >= 15 is 0 Å². The Kier molecular flexibility index (Phi) is 11.2. The van der Waals surface area contributed by atoms with E-state index in [4.69, 9.17) is 14.1 Å². The molecule has 63 heavy (non-hydrogen) atoms. The van der Waals surface area contributed by atoms with Crippen LogP contribution in [0.5, 0.6) is 5.88 Å². The number of nitrogens with zero attached hydrogens (tertiary/aromatic N) is 4. The number of alkyl halides is 3. The van der Waals surface area contributed by atoms with Gasteiger partial charge >= 0.3 is 6.18 Å². The first-order valence-corrected chi connectivity index (χ1v) is 23.6. The molecule has 2 aromatic carbocycles. The van der Waals surface area contributed by atoms with Crippen molar-refractivity contribution in [3.8, 4) is 17.3 Å². The van der Waals surface area contributed by atoms with Crippen LogP contribution in [0.4, 0.5) is 18.3 Å². The molecule has 9 rings (SSSR count). The van der Waals surface area contributed by atoms with Crippen LogP contribution in [-0.2, 0) is 30.6 Å². The third kappa shape index (κ3) is 8.73. The van der Waals surface area contributed by atoms with E-state index in [9.17, 15) is 36.0 Å². The van der Waals surface area contributed by atoms with Gasteiger partial charge in [0.25, 0.3) is 11.8 Å². The fourth-order valence-corrected chi connectivity index (χ4v) is 10.6. The first kappa shape index (κ1) is 42.7. The minimum atomic E-state index is -4.55. The van der Waals surface area contributed by atoms with Gasteiger partial charge in [0.1, 0.15) is 34.8 Å². The number of allylic oxidation sites excluding steroid dienone is 1. The minimum absolute atomic E-state index is 0.0427. The third-order valence-electron chi connectivity index (χ3n) is 12.2. The Morgan fingerprint density at radius 2 is 1.81 bits per heavy atom. The highest BCUT2D eigenvalue weighted by Gasteiger charge is 2.62. The highest BCUT2D eigenvalue weighted by molar-refractivity contribution is 7.91. The summed E-state index contributed by atoms with van der Waals surface area (Å²) >= 11 is 1.38. The number of carbonyl (C=O) groups excluding carboxylic acids is 3. The molecule has 4 aliphatic rings. The first-order valence-electron chi connectivity index (χ1n) is 21.2. The van der Waals surface area contributed by atoms with Gasteiger partial charge in [0.15, 0.2) is 11.0 Å². The number of aromatic nitrogens is 3. The zero-order valence-electron chi connectivity index (χ0n) is 34.5. The van der Waals surface area contributed by atoms with Gasteiger partial charge < -0.3 is 24.7 Å². The summed E-state index contributed by atoms with van der Waals surface area (Å²) in [6, 6.07) is 9.55. The topological polar surface area (TPSA) is 186 Å². The molecule has 0 spiro atoms. The van der Waals surface area contributed by atoms with E-state index in [2.05, 4.69) is 25.3 Å². The third-order valence-corrected chi connectivity index (χ3v) is 14.8. The number of para-hydroxylation sites is 1. The maximum absolute atomic E-state index is 14.9. The predicted molar refractivity (Wildman–Crippen MR) is 229 cm³/mol. The summed E-state index contributed by atoms with van der Waals surface area (Å²) in [5.74, 6) is -2.16. The Bertz CT molecular complexity index is 2720. The normalized spacial score (nSPS) is 25.2. The first-order chi connectivity index (χ1) is 30.1. The van der Waals surface area contributed by atoms with Crippen LogP contribution >= 0.6 is 11.3 Å². The maximum atomic E-state index is 14.9. The van der Waals surface area contributed by atoms with E-state index in [0.29, 0.717) is 53.7 Å². The van der Waals surface area contributed by atoms with Gasteiger partial charge in [-0.15, -0.1) is 11.3 Å². The molecular weight excluding hydrogens is 860 g/mol. The lowest BCUT2D eigenvalue weighted by molar-refractivity contribution is -0.140. The molecule has 3 N–H and O–H groups in total. The molecule has 3 amide bonds. The Morgan fingerprint density at radius 3 is 2.54 bits per heavy atom. The lowest BCUT2D eigenvalue weighted by atomic mass is 10.1. The van der Waals surface area contributed by atoms with Crippen molar-refractivity contribution in [2.24, 2.45) is 5.92 Å². The number of hydrogen-bond acceptors (Lipinski definition) is 12. The summed E-state index contributed by atoms with van der Waals surface area (Å²) in [5.41, 5.74) is -0.269. The van der Waals surface area contributed by atoms with Gasteiger partial charge in [-0.3, -0.25) is 19.1 Å². The number of anilines is 1. The predicted octanol–water partition coefficient (Wildman–Crippen LogP) is 7.47. The number of furan rings is 1. The highest BCUT2D eigenvalue weighted by atomic mass is 32.2. The fraction of sp³-hybridized carbons (Fsp3) is 0.455. The van der Waals surface area contributed by atoms with Crippen molar-refractivity contribution >= 4 is 66.3 Å². The van der Waals surface area contributed by atoms with Gasteiger partial charge in [0.2, 0.25) is 27.4 Å². The van der Waals surface area contributed by atoms with Gasteiger partial charge in [-0.05, 0) is 68.7 Å². The zero-order chi connectivity index (χ0) is 44.3. The molecule has 2 aliphatic heterocycles. The molecule has 5 heterocycles. The molecule has 0 unspecified atom stereocenters. The SMILES string of the molecule is CC(C)c1csc(N[C@H]2CCCCC/C=C\[C@@H]3C[C@@]3(C(=O)NS(=O)(=O)C3CC3)NC(=O)[C@@H]3C[C@@H](Oc4nc(-c5ccc(C(F)(F)F)cc5)nc5c4oc4ccccc45)CN3C2=O)n1. The smallest absolute Gasteiger partial charge is 0.416 e. The minimum Gasteiger partial charge on any atom is -0.470 e. The van der Waals surface area contributed by atoms with E-state index in [1.807, 2.05) is 31.4 Å². The van der Waals surface area contributed by atoms with E-state index in [1.54, 1.807) is 24.3 Å². The zero-order valence-corrected chi connectivity index (χ0v) is 36.1. The van der Waals surface area contributed by atoms with Crippen molar-refractivity contribution in [3.05, 3.63) is 77.3 Å². The Hall–Kier alpha value is -5.56. The number of fused-ring (bicyclic) bond motifs is 5. The maximum Gasteiger partial charge on any atom is 0.416 e. The monoisotopic (exact) mass is 905 g/mol. The molecule has 0 bridgehead atoms. The van der Waals surface area contributed by atoms with Gasteiger partial charge in [-0.2, -0.15) is 18.2 Å². The number of amides is 3. The Morgan fingerprint density at radius 1 is 1.03 bits per heavy atom. The summed E-state index contributed by atoms with van der Waals surface area (Å²) in [5, 5.41) is 8.68. The van der Waals surface area contributed by atoms with Gasteiger partial charge in [-0.1, -0.05) is 63.1 Å². The van der Waals surface area contributed by atoms with E-state index in [-0.39, 0.29) is 54.1 Å². The van der Waals surface area contributed by atoms with E-state index < -0.39 is 68.5 Å². The number of halogens is 3. The van der Waals surface area contributed by atoms with Gasteiger partial charge in [-0.25, -0.2) is 18.4 Å². The highest BCUT2D eigenvalue weighted by Crippen LogP contribution is 2.46. The van der Waals surface area contributed by atoms with Crippen LogP contribution in [0.1, 0.15) is 88.8 Å². The molecule has 14 nitrogen and oxygen atoms in total. The number of carbonyl (C=O) groups is 3. The number of hydrogen-bond donors (Lipinski definition) is 3. The van der Waals surface area contributed by atoms with Gasteiger partial charge in [0, 0.05) is 28.7 Å². The van der Waals surface area contributed by atoms with Crippen LogP contribution in [0.2, 0.25) is 0 Å². The summed E-state index contributed by atoms with van der Waals surface area (Å²) in [7, 11) is -3.94. The van der Waals surface area contributed by atoms with Crippen molar-refractivity contribution in [2.45, 2.75) is 113 Å². The van der Waals surface area contributed by atoms with E-state index in [0.717, 1.165) is 30.7 Å². The molecule has 0 radical (unpaired) electrons. The second kappa shape index (κ2) is 16.5. The second-order valence-electron chi connectivity index (χ2n) is 17.1. The summed E-state index contributed by atoms with van der Waals surface area (Å²) < 4.78 is 81.4. The quantitative estimate of drug-likeness (QED) is 0.125. The van der Waals surface area contributed by atoms with Crippen molar-refractivity contribution in [1.29, 1.82) is 0 Å². The van der Waals surface area contributed by atoms with Gasteiger partial charge in [0.05, 0.1) is 23.1 Å². The largest absolute Gasteiger partial charge is 0.470 e. The van der Waals surface area contributed by atoms with Crippen LogP contribution in [-0.4, -0.2) is 81.5 Å². The van der Waals surface area contributed by atoms with Crippen LogP contribution in [0.25, 0.3) is 33.5 Å². The standard InChI is InChI=1S/C44H46F3N7O7S2/c1-24(2)32-23-62-42(49-32)48-31-12-7-5-3-4-6-10-27-21-43(27,41(57)53-63(58,59)29-18-19-29)52-38(55)33-20-28(22-54(33)40(31)56)60-39-36-35(30-11-8-9-13-34(30)61-36)50-37(51-39)25-14-16-26(17-15-25)44(45,46)47/h6,8-11,13-17,23-24,27-29,31,33H,3-5,7,12,18-22H2,1-2H3,(H,48,49)(H,52,55)(H,53,57)/b10-6-/t27-,28-,31+,33+,43-/m1/s1. The molecule has 5 atom stereocenters. The summed E-state index contributed by atoms with van der Waals surface area (Å²) in [4.78, 5) is 59.0. The van der Waals surface area contributed by atoms with E-state index in [1.165, 1.54) is 28.4 Å². The summed E-state index contributed by atoms with van der Waals surface area (Å²) in [6.07, 6.45) is 2.83. The number of rotatable bonds is 9. The Labute approximate surface area is 365 Å². The number of benzene rings is 2. The van der Waals surface area contributed by atoms with Crippen LogP contribution in [0.3, 0.4) is 0 Å². The van der Waals surface area contributed by atoms with Crippen molar-refractivity contribution in [2.75, 3.05) is 11.9 Å². The number of ether oxygens (including phenoxy) is 1. The van der Waals surface area contributed by atoms with Crippen LogP contribution in [0.15, 0.2) is 70.5 Å². The second-order valence-corrected chi connectivity index (χ2v) is 19.9. The lowest BCUT2D eigenvalue weighted by Crippen LogP contribution is -2.57. The molecule has 2 saturated carbocycles. The molecule has 5 aromatic rings. The average Bonchev–Trinajstić information content (AvgIpc) is 4.07. The number of sulfonamides is 1. The molecular formula is C44H46F3N7O7S2. The van der Waals surface area contributed by atoms with Crippen molar-refractivity contribution < 1.29 is 45.1 Å². The fourth-order valence-electron chi connectivity index (χ4n) is 8.35. The molecule has 332 valence electrons. The summed E-state index contributed by atoms with van der Waals surface area (Å²) in [6.45, 7) is 3.96. The van der Waals surface area contributed by atoms with Crippen molar-refractivity contribution in [1.82, 2.24) is 29.9 Å². The molecule has 19 heteroatoms. The molecule has 2 aliphatic carbocycles. The Balaban J connectivity index is 1.07. The van der Waals surface area contributed by atoms with Crippen LogP contribution < -0.4 is 20.1 Å². The molecule has 1 saturated heterocycles. The van der Waals surface area contributed by atoms with Crippen molar-refractivity contribution in [3.63, 3.8) is 0 Å². The molecule has 3 fully saturated rings.